The van der Waals surface area contributed by atoms with Crippen molar-refractivity contribution in [3.05, 3.63) is 71.3 Å². The van der Waals surface area contributed by atoms with Crippen LogP contribution in [0.15, 0.2) is 59.7 Å². The molecule has 5 heteroatoms. The molecule has 0 saturated carbocycles. The van der Waals surface area contributed by atoms with Gasteiger partial charge >= 0.3 is 0 Å². The number of fused-ring (bicyclic) bond motifs is 1. The van der Waals surface area contributed by atoms with Gasteiger partial charge in [-0.1, -0.05) is 48.5 Å². The van der Waals surface area contributed by atoms with Crippen molar-refractivity contribution >= 4 is 22.9 Å². The number of rotatable bonds is 6. The van der Waals surface area contributed by atoms with E-state index in [1.54, 1.807) is 13.3 Å². The van der Waals surface area contributed by atoms with Crippen LogP contribution in [0.2, 0.25) is 0 Å². The molecule has 0 atom stereocenters. The normalized spacial score (nSPS) is 10.9. The number of carbonyl (C=O) groups excluding carboxylic acids is 1. The highest BCUT2D eigenvalue weighted by molar-refractivity contribution is 6.02. The second-order valence-electron chi connectivity index (χ2n) is 6.21. The van der Waals surface area contributed by atoms with Crippen LogP contribution in [0.3, 0.4) is 0 Å². The molecule has 1 N–H and O–H groups in total. The van der Waals surface area contributed by atoms with Crippen molar-refractivity contribution in [1.82, 2.24) is 5.43 Å². The number of carbonyl (C=O) groups is 1. The molecule has 0 spiro atoms. The molecule has 3 aromatic rings. The molecule has 3 rings (SSSR count). The number of aryl methyl sites for hydroxylation is 2. The fourth-order valence-electron chi connectivity index (χ4n) is 2.95. The molecule has 0 unspecified atom stereocenters. The van der Waals surface area contributed by atoms with Gasteiger partial charge in [0.1, 0.15) is 11.5 Å². The number of para-hydroxylation sites is 1. The Morgan fingerprint density at radius 2 is 1.78 bits per heavy atom. The van der Waals surface area contributed by atoms with Crippen LogP contribution in [0, 0.1) is 13.8 Å². The second-order valence-corrected chi connectivity index (χ2v) is 6.21. The molecule has 0 fully saturated rings. The maximum absolute atomic E-state index is 12.1. The van der Waals surface area contributed by atoms with Crippen molar-refractivity contribution in [1.29, 1.82) is 0 Å². The molecular formula is C22H22N2O3. The van der Waals surface area contributed by atoms with Crippen molar-refractivity contribution in [2.24, 2.45) is 5.10 Å². The molecule has 0 aliphatic heterocycles. The van der Waals surface area contributed by atoms with E-state index in [-0.39, 0.29) is 12.5 Å². The third-order valence-electron chi connectivity index (χ3n) is 4.29. The summed E-state index contributed by atoms with van der Waals surface area (Å²) in [5, 5.41) is 6.15. The van der Waals surface area contributed by atoms with E-state index in [9.17, 15) is 4.79 Å². The lowest BCUT2D eigenvalue weighted by Crippen LogP contribution is -2.25. The summed E-state index contributed by atoms with van der Waals surface area (Å²) in [6.07, 6.45) is 1.60. The van der Waals surface area contributed by atoms with Crippen LogP contribution in [0.5, 0.6) is 11.5 Å². The predicted molar refractivity (Wildman–Crippen MR) is 108 cm³/mol. The van der Waals surface area contributed by atoms with Gasteiger partial charge in [-0.3, -0.25) is 4.79 Å². The first-order valence-corrected chi connectivity index (χ1v) is 8.67. The lowest BCUT2D eigenvalue weighted by Gasteiger charge is -2.11. The van der Waals surface area contributed by atoms with E-state index in [1.807, 2.05) is 68.4 Å². The summed E-state index contributed by atoms with van der Waals surface area (Å²) in [4.78, 5) is 12.1. The Balaban J connectivity index is 1.69. The summed E-state index contributed by atoms with van der Waals surface area (Å²) in [7, 11) is 1.61. The minimum atomic E-state index is -0.326. The van der Waals surface area contributed by atoms with E-state index in [4.69, 9.17) is 9.47 Å². The van der Waals surface area contributed by atoms with Gasteiger partial charge < -0.3 is 9.47 Å². The molecule has 27 heavy (non-hydrogen) atoms. The van der Waals surface area contributed by atoms with Gasteiger partial charge in [0, 0.05) is 5.56 Å². The molecule has 0 heterocycles. The molecule has 5 nitrogen and oxygen atoms in total. The fourth-order valence-corrected chi connectivity index (χ4v) is 2.95. The smallest absolute Gasteiger partial charge is 0.277 e. The Morgan fingerprint density at radius 3 is 2.52 bits per heavy atom. The molecule has 0 bridgehead atoms. The number of nitrogens with zero attached hydrogens (tertiary/aromatic N) is 1. The third kappa shape index (κ3) is 4.26. The Labute approximate surface area is 158 Å². The van der Waals surface area contributed by atoms with E-state index < -0.39 is 0 Å². The van der Waals surface area contributed by atoms with Crippen molar-refractivity contribution in [3.8, 4) is 11.5 Å². The molecule has 1 amide bonds. The maximum atomic E-state index is 12.1. The van der Waals surface area contributed by atoms with Gasteiger partial charge in [0.25, 0.3) is 5.91 Å². The van der Waals surface area contributed by atoms with Crippen molar-refractivity contribution in [2.45, 2.75) is 13.8 Å². The zero-order chi connectivity index (χ0) is 19.2. The van der Waals surface area contributed by atoms with Crippen molar-refractivity contribution < 1.29 is 14.3 Å². The summed E-state index contributed by atoms with van der Waals surface area (Å²) in [6.45, 7) is 3.80. The van der Waals surface area contributed by atoms with E-state index in [0.717, 1.165) is 33.2 Å². The lowest BCUT2D eigenvalue weighted by atomic mass is 10.0. The standard InChI is InChI=1S/C22H22N2O3/c1-15-7-6-8-16(2)22(15)27-14-21(25)24-23-13-19-18-10-5-4-9-17(18)11-12-20(19)26-3/h4-13H,14H2,1-3H3,(H,24,25)/b23-13+. The van der Waals surface area contributed by atoms with Crippen LogP contribution in [0.25, 0.3) is 10.8 Å². The SMILES string of the molecule is COc1ccc2ccccc2c1/C=N/NC(=O)COc1c(C)cccc1C. The number of hydrogen-bond acceptors (Lipinski definition) is 4. The van der Waals surface area contributed by atoms with Gasteiger partial charge in [-0.2, -0.15) is 5.10 Å². The summed E-state index contributed by atoms with van der Waals surface area (Å²) < 4.78 is 11.1. The summed E-state index contributed by atoms with van der Waals surface area (Å²) in [5.74, 6) is 1.10. The Morgan fingerprint density at radius 1 is 1.04 bits per heavy atom. The second kappa shape index (κ2) is 8.36. The number of nitrogens with one attached hydrogen (secondary N) is 1. The Bertz CT molecular complexity index is 976. The number of methoxy groups -OCH3 is 1. The number of benzene rings is 3. The van der Waals surface area contributed by atoms with E-state index in [2.05, 4.69) is 10.5 Å². The van der Waals surface area contributed by atoms with Gasteiger partial charge in [-0.05, 0) is 41.8 Å². The first-order valence-electron chi connectivity index (χ1n) is 8.67. The Kier molecular flexibility index (Phi) is 5.71. The third-order valence-corrected chi connectivity index (χ3v) is 4.29. The largest absolute Gasteiger partial charge is 0.496 e. The van der Waals surface area contributed by atoms with Gasteiger partial charge in [-0.25, -0.2) is 5.43 Å². The van der Waals surface area contributed by atoms with Crippen LogP contribution in [-0.2, 0) is 4.79 Å². The van der Waals surface area contributed by atoms with Gasteiger partial charge in [0.15, 0.2) is 6.61 Å². The molecule has 3 aromatic carbocycles. The first kappa shape index (κ1) is 18.5. The first-order chi connectivity index (χ1) is 13.1. The van der Waals surface area contributed by atoms with Crippen molar-refractivity contribution in [2.75, 3.05) is 13.7 Å². The molecule has 0 aliphatic rings. The van der Waals surface area contributed by atoms with Crippen molar-refractivity contribution in [3.63, 3.8) is 0 Å². The summed E-state index contributed by atoms with van der Waals surface area (Å²) >= 11 is 0. The van der Waals surface area contributed by atoms with E-state index in [0.29, 0.717) is 5.75 Å². The quantitative estimate of drug-likeness (QED) is 0.533. The lowest BCUT2D eigenvalue weighted by molar-refractivity contribution is -0.123. The van der Waals surface area contributed by atoms with Crippen LogP contribution in [0.1, 0.15) is 16.7 Å². The topological polar surface area (TPSA) is 59.9 Å². The van der Waals surface area contributed by atoms with Gasteiger partial charge in [-0.15, -0.1) is 0 Å². The highest BCUT2D eigenvalue weighted by atomic mass is 16.5. The van der Waals surface area contributed by atoms with Gasteiger partial charge in [0.05, 0.1) is 13.3 Å². The minimum Gasteiger partial charge on any atom is -0.496 e. The number of hydrogen-bond donors (Lipinski definition) is 1. The average Bonchev–Trinajstić information content (AvgIpc) is 2.67. The van der Waals surface area contributed by atoms with Crippen LogP contribution in [-0.4, -0.2) is 25.8 Å². The average molecular weight is 362 g/mol. The molecule has 0 aromatic heterocycles. The molecular weight excluding hydrogens is 340 g/mol. The highest BCUT2D eigenvalue weighted by Gasteiger charge is 2.08. The molecule has 138 valence electrons. The van der Waals surface area contributed by atoms with Gasteiger partial charge in [0.2, 0.25) is 0 Å². The summed E-state index contributed by atoms with van der Waals surface area (Å²) in [5.41, 5.74) is 5.30. The zero-order valence-corrected chi connectivity index (χ0v) is 15.7. The van der Waals surface area contributed by atoms with Crippen LogP contribution < -0.4 is 14.9 Å². The van der Waals surface area contributed by atoms with E-state index in [1.165, 1.54) is 0 Å². The Hall–Kier alpha value is -3.34. The molecule has 0 aliphatic carbocycles. The zero-order valence-electron chi connectivity index (χ0n) is 15.7. The van der Waals surface area contributed by atoms with E-state index >= 15 is 0 Å². The molecule has 0 radical (unpaired) electrons. The minimum absolute atomic E-state index is 0.101. The monoisotopic (exact) mass is 362 g/mol. The molecule has 0 saturated heterocycles. The van der Waals surface area contributed by atoms with Crippen LogP contribution in [0.4, 0.5) is 0 Å². The maximum Gasteiger partial charge on any atom is 0.277 e. The fraction of sp³-hybridized carbons (Fsp3) is 0.182. The number of hydrazone groups is 1. The highest BCUT2D eigenvalue weighted by Crippen LogP contribution is 2.26. The summed E-state index contributed by atoms with van der Waals surface area (Å²) in [6, 6.07) is 17.7. The number of amides is 1. The van der Waals surface area contributed by atoms with Crippen LogP contribution >= 0.6 is 0 Å². The number of ether oxygens (including phenoxy) is 2. The predicted octanol–water partition coefficient (Wildman–Crippen LogP) is 3.99.